The summed E-state index contributed by atoms with van der Waals surface area (Å²) in [6.45, 7) is 2.99. The van der Waals surface area contributed by atoms with Crippen LogP contribution in [0.25, 0.3) is 11.0 Å². The first kappa shape index (κ1) is 21.3. The molecule has 9 heteroatoms. The van der Waals surface area contributed by atoms with E-state index in [9.17, 15) is 4.79 Å². The van der Waals surface area contributed by atoms with Gasteiger partial charge in [-0.15, -0.1) is 0 Å². The molecule has 0 aliphatic heterocycles. The van der Waals surface area contributed by atoms with Crippen molar-refractivity contribution >= 4 is 69.2 Å². The Hall–Kier alpha value is -1.44. The fraction of sp³-hybridized carbons (Fsp3) is 0.263. The van der Waals surface area contributed by atoms with Gasteiger partial charge in [-0.05, 0) is 31.2 Å². The minimum absolute atomic E-state index is 0.235. The zero-order valence-corrected chi connectivity index (χ0v) is 18.3. The average molecular weight is 459 g/mol. The topological polar surface area (TPSA) is 56.1 Å². The van der Waals surface area contributed by atoms with Crippen molar-refractivity contribution in [3.8, 4) is 0 Å². The largest absolute Gasteiger partial charge is 0.383 e. The number of carbonyl (C=O) groups excluding carboxylic acids is 1. The summed E-state index contributed by atoms with van der Waals surface area (Å²) in [6, 6.07) is 10.9. The molecule has 2 aromatic carbocycles. The molecule has 28 heavy (non-hydrogen) atoms. The lowest BCUT2D eigenvalue weighted by Crippen LogP contribution is -2.23. The Labute approximate surface area is 182 Å². The summed E-state index contributed by atoms with van der Waals surface area (Å²) >= 11 is 19.6. The maximum atomic E-state index is 12.7. The van der Waals surface area contributed by atoms with Gasteiger partial charge in [0, 0.05) is 18.7 Å². The van der Waals surface area contributed by atoms with E-state index < -0.39 is 5.25 Å². The number of benzene rings is 2. The summed E-state index contributed by atoms with van der Waals surface area (Å²) in [7, 11) is 1.65. The quantitative estimate of drug-likeness (QED) is 0.457. The van der Waals surface area contributed by atoms with Crippen LogP contribution in [0.3, 0.4) is 0 Å². The molecule has 0 fully saturated rings. The summed E-state index contributed by atoms with van der Waals surface area (Å²) in [5, 5.41) is 4.07. The van der Waals surface area contributed by atoms with Crippen LogP contribution in [-0.2, 0) is 16.1 Å². The number of para-hydroxylation sites is 2. The third kappa shape index (κ3) is 4.75. The molecular weight excluding hydrogens is 441 g/mol. The van der Waals surface area contributed by atoms with Gasteiger partial charge in [-0.2, -0.15) is 0 Å². The Morgan fingerprint density at radius 2 is 1.93 bits per heavy atom. The molecule has 1 N–H and O–H groups in total. The van der Waals surface area contributed by atoms with E-state index in [-0.39, 0.29) is 16.0 Å². The van der Waals surface area contributed by atoms with Gasteiger partial charge in [-0.1, -0.05) is 58.7 Å². The highest BCUT2D eigenvalue weighted by Crippen LogP contribution is 2.35. The molecule has 1 atom stereocenters. The standard InChI is InChI=1S/C19H18Cl3N3O2S/c1-11(18(26)24-17-13(21)9-12(20)10-14(17)22)28-19-23-15-5-3-4-6-16(15)25(19)7-8-27-2/h3-6,9-11H,7-8H2,1-2H3,(H,24,26). The van der Waals surface area contributed by atoms with Gasteiger partial charge in [-0.3, -0.25) is 4.79 Å². The van der Waals surface area contributed by atoms with E-state index in [1.807, 2.05) is 24.3 Å². The zero-order chi connectivity index (χ0) is 20.3. The summed E-state index contributed by atoms with van der Waals surface area (Å²) < 4.78 is 7.26. The molecule has 0 radical (unpaired) electrons. The number of aromatic nitrogens is 2. The Morgan fingerprint density at radius 3 is 2.61 bits per heavy atom. The van der Waals surface area contributed by atoms with E-state index in [4.69, 9.17) is 39.5 Å². The van der Waals surface area contributed by atoms with Crippen LogP contribution in [0.4, 0.5) is 5.69 Å². The summed E-state index contributed by atoms with van der Waals surface area (Å²) in [5.41, 5.74) is 2.22. The molecule has 1 amide bonds. The molecule has 0 saturated heterocycles. The lowest BCUT2D eigenvalue weighted by atomic mass is 10.3. The van der Waals surface area contributed by atoms with Crippen molar-refractivity contribution in [3.63, 3.8) is 0 Å². The minimum atomic E-state index is -0.430. The molecule has 3 aromatic rings. The van der Waals surface area contributed by atoms with Gasteiger partial charge in [0.15, 0.2) is 5.16 Å². The number of imidazole rings is 1. The fourth-order valence-corrected chi connectivity index (χ4v) is 4.50. The van der Waals surface area contributed by atoms with E-state index in [2.05, 4.69) is 14.9 Å². The lowest BCUT2D eigenvalue weighted by Gasteiger charge is -2.15. The second kappa shape index (κ2) is 9.37. The van der Waals surface area contributed by atoms with Crippen molar-refractivity contribution in [1.82, 2.24) is 9.55 Å². The Morgan fingerprint density at radius 1 is 1.25 bits per heavy atom. The van der Waals surface area contributed by atoms with Crippen LogP contribution in [0.1, 0.15) is 6.92 Å². The first-order chi connectivity index (χ1) is 13.4. The molecule has 0 aliphatic rings. The number of methoxy groups -OCH3 is 1. The first-order valence-electron chi connectivity index (χ1n) is 8.47. The van der Waals surface area contributed by atoms with Gasteiger partial charge < -0.3 is 14.6 Å². The molecule has 1 unspecified atom stereocenters. The van der Waals surface area contributed by atoms with Crippen molar-refractivity contribution in [2.75, 3.05) is 19.0 Å². The smallest absolute Gasteiger partial charge is 0.237 e. The van der Waals surface area contributed by atoms with Crippen LogP contribution in [0.15, 0.2) is 41.6 Å². The highest BCUT2D eigenvalue weighted by atomic mass is 35.5. The van der Waals surface area contributed by atoms with Crippen LogP contribution < -0.4 is 5.32 Å². The van der Waals surface area contributed by atoms with Crippen LogP contribution in [-0.4, -0.2) is 34.4 Å². The number of nitrogens with zero attached hydrogens (tertiary/aromatic N) is 2. The Balaban J connectivity index is 1.81. The number of hydrogen-bond donors (Lipinski definition) is 1. The van der Waals surface area contributed by atoms with Crippen molar-refractivity contribution in [3.05, 3.63) is 51.5 Å². The third-order valence-electron chi connectivity index (χ3n) is 4.05. The molecule has 0 saturated carbocycles. The molecule has 0 bridgehead atoms. The summed E-state index contributed by atoms with van der Waals surface area (Å²) in [4.78, 5) is 17.4. The van der Waals surface area contributed by atoms with Crippen LogP contribution in [0, 0.1) is 0 Å². The number of carbonyl (C=O) groups is 1. The molecule has 5 nitrogen and oxygen atoms in total. The van der Waals surface area contributed by atoms with Crippen molar-refractivity contribution in [2.45, 2.75) is 23.9 Å². The highest BCUT2D eigenvalue weighted by Gasteiger charge is 2.21. The van der Waals surface area contributed by atoms with E-state index in [0.29, 0.717) is 23.9 Å². The highest BCUT2D eigenvalue weighted by molar-refractivity contribution is 8.00. The Kier molecular flexibility index (Phi) is 7.12. The third-order valence-corrected chi connectivity index (χ3v) is 5.95. The summed E-state index contributed by atoms with van der Waals surface area (Å²) in [5.74, 6) is -0.235. The van der Waals surface area contributed by atoms with Crippen LogP contribution >= 0.6 is 46.6 Å². The lowest BCUT2D eigenvalue weighted by molar-refractivity contribution is -0.115. The molecule has 1 heterocycles. The zero-order valence-electron chi connectivity index (χ0n) is 15.2. The van der Waals surface area contributed by atoms with Gasteiger partial charge in [0.1, 0.15) is 0 Å². The number of ether oxygens (including phenoxy) is 1. The van der Waals surface area contributed by atoms with Gasteiger partial charge in [-0.25, -0.2) is 4.98 Å². The molecule has 1 aromatic heterocycles. The Bertz CT molecular complexity index is 986. The van der Waals surface area contributed by atoms with Crippen LogP contribution in [0.2, 0.25) is 15.1 Å². The van der Waals surface area contributed by atoms with Crippen molar-refractivity contribution < 1.29 is 9.53 Å². The van der Waals surface area contributed by atoms with E-state index in [1.54, 1.807) is 14.0 Å². The second-order valence-corrected chi connectivity index (χ2v) is 8.58. The first-order valence-corrected chi connectivity index (χ1v) is 10.5. The summed E-state index contributed by atoms with van der Waals surface area (Å²) in [6.07, 6.45) is 0. The monoisotopic (exact) mass is 457 g/mol. The number of rotatable bonds is 7. The molecule has 3 rings (SSSR count). The molecule has 148 valence electrons. The fourth-order valence-electron chi connectivity index (χ4n) is 2.64. The van der Waals surface area contributed by atoms with E-state index in [0.717, 1.165) is 16.2 Å². The average Bonchev–Trinajstić information content (AvgIpc) is 2.99. The molecular formula is C19H18Cl3N3O2S. The van der Waals surface area contributed by atoms with Crippen molar-refractivity contribution in [1.29, 1.82) is 0 Å². The maximum absolute atomic E-state index is 12.7. The number of amides is 1. The number of anilines is 1. The number of nitrogens with one attached hydrogen (secondary N) is 1. The van der Waals surface area contributed by atoms with Crippen molar-refractivity contribution in [2.24, 2.45) is 0 Å². The maximum Gasteiger partial charge on any atom is 0.237 e. The number of halogens is 3. The second-order valence-electron chi connectivity index (χ2n) is 6.02. The minimum Gasteiger partial charge on any atom is -0.383 e. The van der Waals surface area contributed by atoms with E-state index >= 15 is 0 Å². The van der Waals surface area contributed by atoms with Crippen LogP contribution in [0.5, 0.6) is 0 Å². The number of fused-ring (bicyclic) bond motifs is 1. The molecule has 0 aliphatic carbocycles. The number of thioether (sulfide) groups is 1. The van der Waals surface area contributed by atoms with E-state index in [1.165, 1.54) is 23.9 Å². The molecule has 0 spiro atoms. The predicted molar refractivity (Wildman–Crippen MR) is 117 cm³/mol. The predicted octanol–water partition coefficient (Wildman–Crippen LogP) is 5.76. The van der Waals surface area contributed by atoms with Gasteiger partial charge in [0.25, 0.3) is 0 Å². The van der Waals surface area contributed by atoms with Gasteiger partial charge in [0.2, 0.25) is 5.91 Å². The normalized spacial score (nSPS) is 12.3. The number of hydrogen-bond acceptors (Lipinski definition) is 4. The van der Waals surface area contributed by atoms with Gasteiger partial charge >= 0.3 is 0 Å². The SMILES string of the molecule is COCCn1c(SC(C)C(=O)Nc2c(Cl)cc(Cl)cc2Cl)nc2ccccc21. The van der Waals surface area contributed by atoms with Gasteiger partial charge in [0.05, 0.1) is 38.6 Å².